The van der Waals surface area contributed by atoms with Gasteiger partial charge in [-0.25, -0.2) is 8.42 Å². The lowest BCUT2D eigenvalue weighted by atomic mass is 10.0. The van der Waals surface area contributed by atoms with Crippen molar-refractivity contribution in [1.29, 1.82) is 0 Å². The van der Waals surface area contributed by atoms with Gasteiger partial charge in [0, 0.05) is 35.5 Å². The summed E-state index contributed by atoms with van der Waals surface area (Å²) in [6.45, 7) is 0.999. The predicted octanol–water partition coefficient (Wildman–Crippen LogP) is 3.86. The molecule has 2 aliphatic rings. The maximum atomic E-state index is 13.3. The Morgan fingerprint density at radius 1 is 1.03 bits per heavy atom. The van der Waals surface area contributed by atoms with Crippen molar-refractivity contribution < 1.29 is 22.7 Å². The highest BCUT2D eigenvalue weighted by Crippen LogP contribution is 2.35. The molecule has 2 aliphatic heterocycles. The molecule has 178 valence electrons. The Hall–Kier alpha value is -3.43. The fourth-order valence-electron chi connectivity index (χ4n) is 4.17. The molecule has 0 bridgehead atoms. The number of fused-ring (bicyclic) bond motifs is 2. The molecule has 3 aromatic carbocycles. The van der Waals surface area contributed by atoms with Crippen LogP contribution in [0.4, 0.5) is 0 Å². The highest BCUT2D eigenvalue weighted by atomic mass is 32.2. The van der Waals surface area contributed by atoms with Crippen molar-refractivity contribution in [1.82, 2.24) is 4.90 Å². The van der Waals surface area contributed by atoms with Crippen LogP contribution in [-0.2, 0) is 16.3 Å². The highest BCUT2D eigenvalue weighted by Gasteiger charge is 2.36. The minimum atomic E-state index is -3.91. The average molecular weight is 507 g/mol. The Bertz CT molecular complexity index is 1460. The number of amidine groups is 1. The van der Waals surface area contributed by atoms with E-state index < -0.39 is 9.84 Å². The molecular formula is C26H22N2O5S2. The monoisotopic (exact) mass is 506 g/mol. The second-order valence-corrected chi connectivity index (χ2v) is 11.1. The number of carbonyl (C=O) groups is 2. The second-order valence-electron chi connectivity index (χ2n) is 8.11. The lowest BCUT2D eigenvalue weighted by Gasteiger charge is -2.21. The fraction of sp³-hybridized carbons (Fsp3) is 0.192. The predicted molar refractivity (Wildman–Crippen MR) is 134 cm³/mol. The molecule has 35 heavy (non-hydrogen) atoms. The van der Waals surface area contributed by atoms with E-state index in [-0.39, 0.29) is 38.2 Å². The van der Waals surface area contributed by atoms with Crippen LogP contribution in [0.15, 0.2) is 81.5 Å². The van der Waals surface area contributed by atoms with Gasteiger partial charge in [0.25, 0.3) is 5.91 Å². The van der Waals surface area contributed by atoms with Gasteiger partial charge in [-0.05, 0) is 54.4 Å². The van der Waals surface area contributed by atoms with Crippen LogP contribution in [0.25, 0.3) is 0 Å². The third kappa shape index (κ3) is 4.26. The van der Waals surface area contributed by atoms with Crippen LogP contribution >= 0.6 is 11.8 Å². The summed E-state index contributed by atoms with van der Waals surface area (Å²) < 4.78 is 31.6. The van der Waals surface area contributed by atoms with Gasteiger partial charge in [-0.3, -0.25) is 19.5 Å². The van der Waals surface area contributed by atoms with Gasteiger partial charge in [-0.15, -0.1) is 0 Å². The standard InChI is InChI=1S/C26H22N2O5S2/c1-33-19-9-6-17(7-10-19)12-13-27-26-28(14-15-34-26)25(30)18-8-11-21-23(16-18)35(31,32)22-5-3-2-4-20(22)24(21)29/h2-11,16H,12-15H2,1H3. The van der Waals surface area contributed by atoms with Crippen LogP contribution in [0.2, 0.25) is 0 Å². The van der Waals surface area contributed by atoms with Gasteiger partial charge in [0.15, 0.2) is 11.0 Å². The second kappa shape index (κ2) is 9.31. The van der Waals surface area contributed by atoms with Crippen molar-refractivity contribution in [3.05, 3.63) is 89.0 Å². The number of benzene rings is 3. The topological polar surface area (TPSA) is 93.1 Å². The molecule has 0 atom stereocenters. The molecule has 1 amide bonds. The van der Waals surface area contributed by atoms with E-state index in [1.54, 1.807) is 24.1 Å². The van der Waals surface area contributed by atoms with Gasteiger partial charge in [0.2, 0.25) is 9.84 Å². The van der Waals surface area contributed by atoms with Crippen molar-refractivity contribution in [2.75, 3.05) is 26.0 Å². The Balaban J connectivity index is 1.38. The molecule has 2 heterocycles. The van der Waals surface area contributed by atoms with E-state index in [0.717, 1.165) is 11.3 Å². The van der Waals surface area contributed by atoms with Gasteiger partial charge in [-0.2, -0.15) is 0 Å². The normalized spacial score (nSPS) is 17.2. The number of hydrogen-bond acceptors (Lipinski definition) is 7. The Morgan fingerprint density at radius 2 is 1.77 bits per heavy atom. The minimum Gasteiger partial charge on any atom is -0.497 e. The average Bonchev–Trinajstić information content (AvgIpc) is 3.36. The molecule has 7 nitrogen and oxygen atoms in total. The van der Waals surface area contributed by atoms with E-state index in [0.29, 0.717) is 30.4 Å². The van der Waals surface area contributed by atoms with E-state index in [4.69, 9.17) is 4.74 Å². The van der Waals surface area contributed by atoms with Crippen molar-refractivity contribution in [2.45, 2.75) is 16.2 Å². The molecule has 0 unspecified atom stereocenters. The Morgan fingerprint density at radius 3 is 2.54 bits per heavy atom. The molecule has 1 fully saturated rings. The van der Waals surface area contributed by atoms with Crippen LogP contribution in [0, 0.1) is 0 Å². The molecule has 0 aromatic heterocycles. The van der Waals surface area contributed by atoms with Crippen LogP contribution in [-0.4, -0.2) is 56.1 Å². The third-order valence-corrected chi connectivity index (χ3v) is 8.86. The smallest absolute Gasteiger partial charge is 0.259 e. The van der Waals surface area contributed by atoms with Crippen LogP contribution in [0.1, 0.15) is 31.8 Å². The zero-order valence-corrected chi connectivity index (χ0v) is 20.6. The quantitative estimate of drug-likeness (QED) is 0.408. The molecule has 5 rings (SSSR count). The molecular weight excluding hydrogens is 484 g/mol. The molecule has 0 spiro atoms. The molecule has 0 N–H and O–H groups in total. The first-order valence-corrected chi connectivity index (χ1v) is 13.5. The third-order valence-electron chi connectivity index (χ3n) is 6.01. The van der Waals surface area contributed by atoms with Crippen molar-refractivity contribution in [2.24, 2.45) is 4.99 Å². The van der Waals surface area contributed by atoms with Gasteiger partial charge in [-0.1, -0.05) is 36.0 Å². The number of rotatable bonds is 5. The first kappa shape index (κ1) is 23.3. The van der Waals surface area contributed by atoms with Crippen molar-refractivity contribution in [3.8, 4) is 5.75 Å². The van der Waals surface area contributed by atoms with E-state index in [2.05, 4.69) is 4.99 Å². The molecule has 1 saturated heterocycles. The maximum absolute atomic E-state index is 13.3. The first-order valence-electron chi connectivity index (χ1n) is 11.0. The summed E-state index contributed by atoms with van der Waals surface area (Å²) >= 11 is 1.50. The van der Waals surface area contributed by atoms with E-state index >= 15 is 0 Å². The van der Waals surface area contributed by atoms with Crippen LogP contribution < -0.4 is 4.74 Å². The zero-order chi connectivity index (χ0) is 24.6. The van der Waals surface area contributed by atoms with E-state index in [1.165, 1.54) is 42.1 Å². The lowest BCUT2D eigenvalue weighted by molar-refractivity contribution is 0.0858. The van der Waals surface area contributed by atoms with Crippen LogP contribution in [0.5, 0.6) is 5.75 Å². The summed E-state index contributed by atoms with van der Waals surface area (Å²) in [5.74, 6) is 0.812. The number of methoxy groups -OCH3 is 1. The molecule has 0 aliphatic carbocycles. The molecule has 9 heteroatoms. The molecule has 3 aromatic rings. The van der Waals surface area contributed by atoms with Crippen molar-refractivity contribution in [3.63, 3.8) is 0 Å². The molecule has 0 radical (unpaired) electrons. The SMILES string of the molecule is COc1ccc(CCN=C2SCCN2C(=O)c2ccc3c(c2)S(=O)(=O)c2ccccc2C3=O)cc1. The van der Waals surface area contributed by atoms with Gasteiger partial charge < -0.3 is 4.74 Å². The largest absolute Gasteiger partial charge is 0.497 e. The summed E-state index contributed by atoms with van der Waals surface area (Å²) in [7, 11) is -2.29. The summed E-state index contributed by atoms with van der Waals surface area (Å²) in [5.41, 5.74) is 1.57. The highest BCUT2D eigenvalue weighted by molar-refractivity contribution is 8.14. The molecule has 0 saturated carbocycles. The summed E-state index contributed by atoms with van der Waals surface area (Å²) in [5, 5.41) is 0.616. The minimum absolute atomic E-state index is 0.0281. The first-order chi connectivity index (χ1) is 16.9. The summed E-state index contributed by atoms with van der Waals surface area (Å²) in [6.07, 6.45) is 0.717. The Labute approximate surface area is 207 Å². The lowest BCUT2D eigenvalue weighted by Crippen LogP contribution is -2.32. The number of amides is 1. The van der Waals surface area contributed by atoms with Gasteiger partial charge >= 0.3 is 0 Å². The Kier molecular flexibility index (Phi) is 6.21. The number of thioether (sulfide) groups is 1. The van der Waals surface area contributed by atoms with Gasteiger partial charge in [0.1, 0.15) is 5.75 Å². The number of nitrogens with zero attached hydrogens (tertiary/aromatic N) is 2. The number of carbonyl (C=O) groups excluding carboxylic acids is 2. The number of ketones is 1. The fourth-order valence-corrected chi connectivity index (χ4v) is 6.81. The van der Waals surface area contributed by atoms with Gasteiger partial charge in [0.05, 0.1) is 16.9 Å². The summed E-state index contributed by atoms with van der Waals surface area (Å²) in [6, 6.07) is 18.2. The number of hydrogen-bond donors (Lipinski definition) is 0. The number of aliphatic imine (C=N–C) groups is 1. The van der Waals surface area contributed by atoms with Crippen LogP contribution in [0.3, 0.4) is 0 Å². The summed E-state index contributed by atoms with van der Waals surface area (Å²) in [4.78, 5) is 32.2. The number of sulfone groups is 1. The number of ether oxygens (including phenoxy) is 1. The zero-order valence-electron chi connectivity index (χ0n) is 18.9. The van der Waals surface area contributed by atoms with E-state index in [1.807, 2.05) is 24.3 Å². The maximum Gasteiger partial charge on any atom is 0.259 e. The van der Waals surface area contributed by atoms with Crippen molar-refractivity contribution >= 4 is 38.5 Å². The van der Waals surface area contributed by atoms with E-state index in [9.17, 15) is 18.0 Å².